The van der Waals surface area contributed by atoms with Crippen LogP contribution in [-0.2, 0) is 68.8 Å². The predicted molar refractivity (Wildman–Crippen MR) is 321 cm³/mol. The first-order chi connectivity index (χ1) is 41.5. The Bertz CT molecular complexity index is 3200. The molecule has 0 aromatic heterocycles. The Kier molecular flexibility index (Phi) is 24.9. The van der Waals surface area contributed by atoms with Crippen molar-refractivity contribution in [2.45, 2.75) is 113 Å². The number of nitrogens with two attached hydrogens (primary N) is 3. The molecule has 1 saturated heterocycles. The third-order valence-electron chi connectivity index (χ3n) is 13.9. The van der Waals surface area contributed by atoms with Gasteiger partial charge in [-0.2, -0.15) is 0 Å². The number of carbonyl (C=O) groups excluding carboxylic acids is 10. The first-order valence-corrected chi connectivity index (χ1v) is 28.3. The molecule has 1 heterocycles. The molecule has 5 aromatic carbocycles. The molecule has 462 valence electrons. The number of aliphatic hydroxyl groups excluding tert-OH is 1. The number of rotatable bonds is 20. The van der Waals surface area contributed by atoms with Crippen molar-refractivity contribution in [1.82, 2.24) is 42.5 Å². The quantitative estimate of drug-likeness (QED) is 0.0453. The number of aromatic hydroxyl groups is 2. The fourth-order valence-electron chi connectivity index (χ4n) is 9.06. The normalized spacial score (nSPS) is 20.0. The molecule has 11 amide bonds. The average molecular weight is 1220 g/mol. The molecule has 0 unspecified atom stereocenters. The lowest BCUT2D eigenvalue weighted by Crippen LogP contribution is -2.63. The number of anilines is 2. The van der Waals surface area contributed by atoms with Crippen molar-refractivity contribution < 1.29 is 63.3 Å². The first-order valence-electron chi connectivity index (χ1n) is 27.9. The van der Waals surface area contributed by atoms with Crippen molar-refractivity contribution >= 4 is 82.2 Å². The molecule has 0 saturated carbocycles. The van der Waals surface area contributed by atoms with Crippen LogP contribution in [0.3, 0.4) is 0 Å². The summed E-state index contributed by atoms with van der Waals surface area (Å²) in [6.07, 6.45) is -3.05. The Morgan fingerprint density at radius 3 is 1.69 bits per heavy atom. The van der Waals surface area contributed by atoms with Gasteiger partial charge in [-0.3, -0.25) is 43.2 Å². The number of benzene rings is 5. The van der Waals surface area contributed by atoms with E-state index in [0.717, 1.165) is 6.92 Å². The average Bonchev–Trinajstić information content (AvgIpc) is 3.31. The second-order valence-electron chi connectivity index (χ2n) is 20.8. The highest BCUT2D eigenvalue weighted by molar-refractivity contribution is 6.30. The highest BCUT2D eigenvalue weighted by Crippen LogP contribution is 2.18. The molecule has 19 N–H and O–H groups in total. The Balaban J connectivity index is 1.40. The van der Waals surface area contributed by atoms with E-state index in [4.69, 9.17) is 28.8 Å². The third kappa shape index (κ3) is 21.4. The zero-order valence-electron chi connectivity index (χ0n) is 47.4. The van der Waals surface area contributed by atoms with Gasteiger partial charge in [0, 0.05) is 42.2 Å². The van der Waals surface area contributed by atoms with Gasteiger partial charge in [-0.15, -0.1) is 0 Å². The van der Waals surface area contributed by atoms with Crippen molar-refractivity contribution in [3.05, 3.63) is 155 Å². The molecule has 9 atom stereocenters. The first kappa shape index (κ1) is 66.5. The standard InChI is InChI=1S/C60H72ClN13O13/c1-33(75)51-59(86)72-48(57(84)69-45(52(64)79)28-36-14-22-41(76)23-15-36)31-50(78)65-32-49(73-53(80)43(63)27-34-10-18-38(61)19-11-34)58(85)71-47(30-37-16-24-42(77)25-17-37)56(83)70-46(55(82)68-44(54(81)74-51)9-5-6-26-62)29-35-12-20-40(21-13-35)67-60(87)66-39-7-3-2-4-8-39/h2-4,7-8,10-25,33,43-49,51,75-77H,5-6,9,26-32,62-63H2,1H3,(H2,64,79)(H,65,78)(H,68,82)(H,69,84)(H,70,83)(H,71,85)(H,72,86)(H,73,80)(H,74,81)(H2,66,67,87)/t33-,43+,44+,45-,46-,47+,48+,49-,51+/m1/s1. The van der Waals surface area contributed by atoms with Crippen LogP contribution in [0.25, 0.3) is 0 Å². The maximum atomic E-state index is 14.9. The molecule has 26 nitrogen and oxygen atoms in total. The summed E-state index contributed by atoms with van der Waals surface area (Å²) in [5, 5.41) is 57.1. The number of hydrogen-bond acceptors (Lipinski definition) is 15. The van der Waals surface area contributed by atoms with Crippen molar-refractivity contribution in [2.24, 2.45) is 17.2 Å². The van der Waals surface area contributed by atoms with E-state index >= 15 is 0 Å². The van der Waals surface area contributed by atoms with Gasteiger partial charge in [0.05, 0.1) is 18.6 Å². The van der Waals surface area contributed by atoms with E-state index in [2.05, 4.69) is 53.2 Å². The van der Waals surface area contributed by atoms with E-state index in [0.29, 0.717) is 45.1 Å². The predicted octanol–water partition coefficient (Wildman–Crippen LogP) is -0.0983. The van der Waals surface area contributed by atoms with Crippen LogP contribution in [0.4, 0.5) is 16.2 Å². The SMILES string of the molecule is C[C@@H](O)[C@@H]1NC(=O)[C@H](CCCCN)NC(=O)[C@@H](Cc2ccc(NC(=O)Nc3ccccc3)cc2)NC(=O)[C@H](Cc2ccc(O)cc2)NC(=O)[C@H](NC(=O)[C@@H](N)Cc2ccc(Cl)cc2)CNC(=O)C[C@@H](C(=O)N[C@H](Cc2ccc(O)cc2)C(N)=O)NC1=O. The Labute approximate surface area is 505 Å². The monoisotopic (exact) mass is 1220 g/mol. The van der Waals surface area contributed by atoms with Crippen LogP contribution in [0.5, 0.6) is 11.5 Å². The molecule has 0 radical (unpaired) electrons. The van der Waals surface area contributed by atoms with Gasteiger partial charge in [0.1, 0.15) is 53.8 Å². The van der Waals surface area contributed by atoms with Gasteiger partial charge in [0.25, 0.3) is 0 Å². The molecule has 0 spiro atoms. The largest absolute Gasteiger partial charge is 0.508 e. The number of phenols is 2. The van der Waals surface area contributed by atoms with Crippen molar-refractivity contribution in [1.29, 1.82) is 0 Å². The Morgan fingerprint density at radius 2 is 1.13 bits per heavy atom. The van der Waals surface area contributed by atoms with E-state index in [1.54, 1.807) is 78.9 Å². The van der Waals surface area contributed by atoms with E-state index in [1.807, 2.05) is 0 Å². The Morgan fingerprint density at radius 1 is 0.621 bits per heavy atom. The van der Waals surface area contributed by atoms with Crippen molar-refractivity contribution in [3.8, 4) is 11.5 Å². The lowest BCUT2D eigenvalue weighted by molar-refractivity contribution is -0.138. The fraction of sp³-hybridized carbons (Fsp3) is 0.333. The Hall–Kier alpha value is -9.63. The van der Waals surface area contributed by atoms with Crippen LogP contribution < -0.4 is 70.4 Å². The molecule has 5 aromatic rings. The molecule has 1 fully saturated rings. The fourth-order valence-corrected chi connectivity index (χ4v) is 9.19. The molecule has 87 heavy (non-hydrogen) atoms. The van der Waals surface area contributed by atoms with E-state index in [9.17, 15) is 63.3 Å². The molecule has 6 rings (SSSR count). The van der Waals surface area contributed by atoms with Gasteiger partial charge < -0.3 is 85.7 Å². The summed E-state index contributed by atoms with van der Waals surface area (Å²) in [6, 6.07) is 18.9. The van der Waals surface area contributed by atoms with Gasteiger partial charge >= 0.3 is 6.03 Å². The van der Waals surface area contributed by atoms with Gasteiger partial charge in [-0.25, -0.2) is 4.79 Å². The number of aliphatic hydroxyl groups is 1. The number of phenolic OH excluding ortho intramolecular Hbond substituents is 2. The highest BCUT2D eigenvalue weighted by atomic mass is 35.5. The minimum absolute atomic E-state index is 0.0564. The lowest BCUT2D eigenvalue weighted by Gasteiger charge is -2.29. The zero-order valence-corrected chi connectivity index (χ0v) is 48.2. The molecular weight excluding hydrogens is 1150 g/mol. The molecule has 0 aliphatic carbocycles. The number of halogens is 1. The summed E-state index contributed by atoms with van der Waals surface area (Å²) >= 11 is 6.07. The second-order valence-corrected chi connectivity index (χ2v) is 21.2. The second kappa shape index (κ2) is 32.6. The third-order valence-corrected chi connectivity index (χ3v) is 14.1. The zero-order chi connectivity index (χ0) is 63.2. The number of nitrogens with one attached hydrogen (secondary N) is 10. The number of carbonyl (C=O) groups is 10. The number of para-hydroxylation sites is 1. The van der Waals surface area contributed by atoms with Gasteiger partial charge in [-0.1, -0.05) is 78.3 Å². The van der Waals surface area contributed by atoms with Crippen LogP contribution in [0, 0.1) is 0 Å². The topological polar surface area (TPSA) is 430 Å². The van der Waals surface area contributed by atoms with Crippen molar-refractivity contribution in [2.75, 3.05) is 23.7 Å². The van der Waals surface area contributed by atoms with Gasteiger partial charge in [-0.05, 0) is 122 Å². The molecule has 0 bridgehead atoms. The van der Waals surface area contributed by atoms with Crippen LogP contribution in [0.2, 0.25) is 5.02 Å². The van der Waals surface area contributed by atoms with Crippen LogP contribution in [0.15, 0.2) is 127 Å². The van der Waals surface area contributed by atoms with Crippen LogP contribution in [0.1, 0.15) is 54.9 Å². The minimum atomic E-state index is -1.92. The molecular formula is C60H72ClN13O13. The highest BCUT2D eigenvalue weighted by Gasteiger charge is 2.37. The number of urea groups is 1. The van der Waals surface area contributed by atoms with Gasteiger partial charge in [0.15, 0.2) is 0 Å². The number of primary amides is 1. The lowest BCUT2D eigenvalue weighted by atomic mass is 10.0. The molecule has 1 aliphatic heterocycles. The van der Waals surface area contributed by atoms with Crippen molar-refractivity contribution in [3.63, 3.8) is 0 Å². The number of hydrogen-bond donors (Lipinski definition) is 16. The smallest absolute Gasteiger partial charge is 0.323 e. The maximum Gasteiger partial charge on any atom is 0.323 e. The maximum absolute atomic E-state index is 14.9. The summed E-state index contributed by atoms with van der Waals surface area (Å²) in [6.45, 7) is 0.563. The van der Waals surface area contributed by atoms with Gasteiger partial charge in [0.2, 0.25) is 53.2 Å². The summed E-state index contributed by atoms with van der Waals surface area (Å²) in [5.41, 5.74) is 20.6. The van der Waals surface area contributed by atoms with Crippen LogP contribution in [-0.4, -0.2) is 142 Å². The molecule has 1 aliphatic rings. The minimum Gasteiger partial charge on any atom is -0.508 e. The summed E-state index contributed by atoms with van der Waals surface area (Å²) in [7, 11) is 0. The summed E-state index contributed by atoms with van der Waals surface area (Å²) < 4.78 is 0. The van der Waals surface area contributed by atoms with Crippen LogP contribution >= 0.6 is 11.6 Å². The van der Waals surface area contributed by atoms with E-state index < -0.39 is 127 Å². The van der Waals surface area contributed by atoms with E-state index in [-0.39, 0.29) is 56.6 Å². The summed E-state index contributed by atoms with van der Waals surface area (Å²) in [4.78, 5) is 141. The van der Waals surface area contributed by atoms with E-state index in [1.165, 1.54) is 48.5 Å². The summed E-state index contributed by atoms with van der Waals surface area (Å²) in [5.74, 6) is -9.58. The number of amides is 11. The molecule has 27 heteroatoms. The number of unbranched alkanes of at least 4 members (excludes halogenated alkanes) is 1.